The molecule has 0 aliphatic carbocycles. The molecule has 0 saturated heterocycles. The highest BCUT2D eigenvalue weighted by atomic mass is 19.4. The fourth-order valence-corrected chi connectivity index (χ4v) is 1.07. The minimum Gasteiger partial charge on any atom is -0.475 e. The van der Waals surface area contributed by atoms with Crippen LogP contribution in [0.4, 0.5) is 13.2 Å². The van der Waals surface area contributed by atoms with E-state index in [0.717, 1.165) is 0 Å². The number of carbonyl (C=O) groups is 2. The Bertz CT molecular complexity index is 481. The predicted molar refractivity (Wildman–Crippen MR) is 65.5 cm³/mol. The monoisotopic (exact) mass is 311 g/mol. The lowest BCUT2D eigenvalue weighted by Crippen LogP contribution is -2.21. The molecule has 1 aromatic rings. The second-order valence-electron chi connectivity index (χ2n) is 4.27. The molecule has 0 radical (unpaired) electrons. The van der Waals surface area contributed by atoms with E-state index in [2.05, 4.69) is 4.74 Å². The van der Waals surface area contributed by atoms with Crippen LogP contribution in [0, 0.1) is 5.92 Å². The summed E-state index contributed by atoms with van der Waals surface area (Å²) in [5.74, 6) is -2.16. The number of nitrogens with two attached hydrogens (primary N) is 1. The number of methoxy groups -OCH3 is 1. The van der Waals surface area contributed by atoms with E-state index in [-0.39, 0.29) is 17.7 Å². The molecular weight excluding hydrogens is 295 g/mol. The smallest absolute Gasteiger partial charge is 0.475 e. The first-order chi connectivity index (χ1) is 9.50. The normalized spacial score (nSPS) is 12.4. The number of rotatable bonds is 3. The zero-order chi connectivity index (χ0) is 16.8. The Hall–Kier alpha value is -2.03. The molecule has 1 heterocycles. The zero-order valence-corrected chi connectivity index (χ0v) is 11.6. The lowest BCUT2D eigenvalue weighted by Gasteiger charge is -2.11. The molecule has 0 fully saturated rings. The molecule has 0 bridgehead atoms. The van der Waals surface area contributed by atoms with Crippen LogP contribution in [0.15, 0.2) is 16.5 Å². The molecular formula is C12H16F3NO5. The molecule has 1 rings (SSSR count). The summed E-state index contributed by atoms with van der Waals surface area (Å²) in [5.41, 5.74) is 5.85. The second-order valence-corrected chi connectivity index (χ2v) is 4.27. The average molecular weight is 311 g/mol. The third-order valence-corrected chi connectivity index (χ3v) is 2.30. The largest absolute Gasteiger partial charge is 0.490 e. The van der Waals surface area contributed by atoms with Gasteiger partial charge >= 0.3 is 18.1 Å². The SMILES string of the molecule is COC(=O)c1ccc([C@@H](N)C(C)C)o1.O=C(O)C(F)(F)F. The highest BCUT2D eigenvalue weighted by Gasteiger charge is 2.38. The number of hydrogen-bond donors (Lipinski definition) is 2. The first-order valence-electron chi connectivity index (χ1n) is 5.74. The molecule has 0 unspecified atom stereocenters. The van der Waals surface area contributed by atoms with Gasteiger partial charge in [-0.1, -0.05) is 13.8 Å². The summed E-state index contributed by atoms with van der Waals surface area (Å²) in [5, 5.41) is 7.12. The van der Waals surface area contributed by atoms with Crippen LogP contribution < -0.4 is 5.73 Å². The van der Waals surface area contributed by atoms with E-state index in [1.807, 2.05) is 13.8 Å². The number of carbonyl (C=O) groups excluding carboxylic acids is 1. The first kappa shape index (κ1) is 19.0. The van der Waals surface area contributed by atoms with Crippen LogP contribution in [0.25, 0.3) is 0 Å². The molecule has 0 spiro atoms. The lowest BCUT2D eigenvalue weighted by molar-refractivity contribution is -0.192. The number of furan rings is 1. The van der Waals surface area contributed by atoms with Crippen LogP contribution in [-0.2, 0) is 9.53 Å². The number of halogens is 3. The molecule has 0 saturated carbocycles. The van der Waals surface area contributed by atoms with Crippen molar-refractivity contribution < 1.29 is 37.0 Å². The Kier molecular flexibility index (Phi) is 6.93. The van der Waals surface area contributed by atoms with Gasteiger partial charge in [-0.05, 0) is 18.1 Å². The molecule has 21 heavy (non-hydrogen) atoms. The fraction of sp³-hybridized carbons (Fsp3) is 0.500. The first-order valence-corrected chi connectivity index (χ1v) is 5.74. The minimum absolute atomic E-state index is 0.187. The summed E-state index contributed by atoms with van der Waals surface area (Å²) in [7, 11) is 1.31. The molecule has 0 aliphatic rings. The van der Waals surface area contributed by atoms with Gasteiger partial charge in [-0.25, -0.2) is 9.59 Å². The van der Waals surface area contributed by atoms with Crippen molar-refractivity contribution in [1.82, 2.24) is 0 Å². The fourth-order valence-electron chi connectivity index (χ4n) is 1.07. The number of esters is 1. The summed E-state index contributed by atoms with van der Waals surface area (Å²) < 4.78 is 41.5. The third kappa shape index (κ3) is 6.30. The Balaban J connectivity index is 0.000000486. The molecule has 1 atom stereocenters. The number of carboxylic acids is 1. The Morgan fingerprint density at radius 3 is 2.14 bits per heavy atom. The van der Waals surface area contributed by atoms with Crippen LogP contribution in [0.3, 0.4) is 0 Å². The average Bonchev–Trinajstić information content (AvgIpc) is 2.85. The maximum absolute atomic E-state index is 11.1. The topological polar surface area (TPSA) is 103 Å². The van der Waals surface area contributed by atoms with E-state index in [4.69, 9.17) is 20.1 Å². The van der Waals surface area contributed by atoms with Crippen molar-refractivity contribution in [3.63, 3.8) is 0 Å². The van der Waals surface area contributed by atoms with Crippen molar-refractivity contribution in [2.24, 2.45) is 11.7 Å². The molecule has 1 aromatic heterocycles. The Labute approximate surface area is 118 Å². The van der Waals surface area contributed by atoms with E-state index >= 15 is 0 Å². The van der Waals surface area contributed by atoms with Crippen LogP contribution in [0.5, 0.6) is 0 Å². The third-order valence-electron chi connectivity index (χ3n) is 2.30. The van der Waals surface area contributed by atoms with Crippen molar-refractivity contribution in [2.45, 2.75) is 26.1 Å². The number of alkyl halides is 3. The van der Waals surface area contributed by atoms with Gasteiger partial charge < -0.3 is 20.0 Å². The van der Waals surface area contributed by atoms with Crippen molar-refractivity contribution in [3.05, 3.63) is 23.7 Å². The maximum Gasteiger partial charge on any atom is 0.490 e. The zero-order valence-electron chi connectivity index (χ0n) is 11.6. The molecule has 0 aromatic carbocycles. The van der Waals surface area contributed by atoms with Crippen molar-refractivity contribution in [2.75, 3.05) is 7.11 Å². The highest BCUT2D eigenvalue weighted by molar-refractivity contribution is 5.86. The standard InChI is InChI=1S/C10H15NO3.C2HF3O2/c1-6(2)9(11)7-4-5-8(14-7)10(12)13-3;3-2(4,5)1(6)7/h4-6,9H,11H2,1-3H3;(H,6,7)/t9-;/m0./s1. The van der Waals surface area contributed by atoms with Gasteiger partial charge in [-0.3, -0.25) is 0 Å². The van der Waals surface area contributed by atoms with Gasteiger partial charge in [-0.15, -0.1) is 0 Å². The second kappa shape index (κ2) is 7.67. The van der Waals surface area contributed by atoms with Gasteiger partial charge in [-0.2, -0.15) is 13.2 Å². The summed E-state index contributed by atoms with van der Waals surface area (Å²) in [4.78, 5) is 20.0. The van der Waals surface area contributed by atoms with E-state index in [1.54, 1.807) is 12.1 Å². The molecule has 0 aliphatic heterocycles. The predicted octanol–water partition coefficient (Wildman–Crippen LogP) is 2.36. The summed E-state index contributed by atoms with van der Waals surface area (Å²) in [6.45, 7) is 3.98. The molecule has 3 N–H and O–H groups in total. The maximum atomic E-state index is 11.1. The van der Waals surface area contributed by atoms with Crippen LogP contribution in [0.1, 0.15) is 36.2 Å². The number of carboxylic acid groups (broad SMARTS) is 1. The van der Waals surface area contributed by atoms with Gasteiger partial charge in [0, 0.05) is 0 Å². The van der Waals surface area contributed by atoms with E-state index < -0.39 is 18.1 Å². The van der Waals surface area contributed by atoms with Gasteiger partial charge in [0.05, 0.1) is 13.2 Å². The Morgan fingerprint density at radius 2 is 1.81 bits per heavy atom. The van der Waals surface area contributed by atoms with E-state index in [0.29, 0.717) is 5.76 Å². The van der Waals surface area contributed by atoms with Gasteiger partial charge in [0.1, 0.15) is 5.76 Å². The summed E-state index contributed by atoms with van der Waals surface area (Å²) in [6, 6.07) is 3.09. The number of hydrogen-bond acceptors (Lipinski definition) is 5. The lowest BCUT2D eigenvalue weighted by atomic mass is 10.0. The molecule has 6 nitrogen and oxygen atoms in total. The van der Waals surface area contributed by atoms with Crippen LogP contribution in [0.2, 0.25) is 0 Å². The summed E-state index contributed by atoms with van der Waals surface area (Å²) >= 11 is 0. The van der Waals surface area contributed by atoms with Gasteiger partial charge in [0.15, 0.2) is 0 Å². The molecule has 9 heteroatoms. The van der Waals surface area contributed by atoms with E-state index in [1.165, 1.54) is 7.11 Å². The van der Waals surface area contributed by atoms with E-state index in [9.17, 15) is 18.0 Å². The van der Waals surface area contributed by atoms with Crippen molar-refractivity contribution in [3.8, 4) is 0 Å². The number of ether oxygens (including phenoxy) is 1. The molecule has 0 amide bonds. The number of aliphatic carboxylic acids is 1. The highest BCUT2D eigenvalue weighted by Crippen LogP contribution is 2.21. The van der Waals surface area contributed by atoms with Crippen molar-refractivity contribution in [1.29, 1.82) is 0 Å². The minimum atomic E-state index is -5.08. The van der Waals surface area contributed by atoms with Crippen LogP contribution in [-0.4, -0.2) is 30.3 Å². The van der Waals surface area contributed by atoms with Gasteiger partial charge in [0.2, 0.25) is 5.76 Å². The Morgan fingerprint density at radius 1 is 1.33 bits per heavy atom. The summed E-state index contributed by atoms with van der Waals surface area (Å²) in [6.07, 6.45) is -5.08. The quantitative estimate of drug-likeness (QED) is 0.831. The van der Waals surface area contributed by atoms with Crippen LogP contribution >= 0.6 is 0 Å². The molecule has 120 valence electrons. The van der Waals surface area contributed by atoms with Crippen molar-refractivity contribution >= 4 is 11.9 Å². The van der Waals surface area contributed by atoms with Gasteiger partial charge in [0.25, 0.3) is 0 Å².